The fourth-order valence-corrected chi connectivity index (χ4v) is 1.67. The number of hydrogen-bond acceptors (Lipinski definition) is 4. The van der Waals surface area contributed by atoms with Crippen molar-refractivity contribution in [2.45, 2.75) is 0 Å². The van der Waals surface area contributed by atoms with E-state index >= 15 is 0 Å². The van der Waals surface area contributed by atoms with E-state index < -0.39 is 6.03 Å². The van der Waals surface area contributed by atoms with Crippen LogP contribution >= 0.6 is 0 Å². The Hall–Kier alpha value is -2.50. The van der Waals surface area contributed by atoms with Crippen LogP contribution in [0.3, 0.4) is 0 Å². The zero-order chi connectivity index (χ0) is 13.1. The number of ether oxygens (including phenoxy) is 2. The molecule has 94 valence electrons. The van der Waals surface area contributed by atoms with Crippen LogP contribution in [-0.2, 0) is 0 Å². The molecule has 0 atom stereocenters. The smallest absolute Gasteiger partial charge is 0.316 e. The quantitative estimate of drug-likeness (QED) is 0.864. The lowest BCUT2D eigenvalue weighted by molar-refractivity contribution is 0.259. The summed E-state index contributed by atoms with van der Waals surface area (Å²) in [4.78, 5) is 15.0. The first kappa shape index (κ1) is 12.0. The number of nitrogens with zero attached hydrogens (tertiary/aromatic N) is 1. The van der Waals surface area contributed by atoms with Gasteiger partial charge in [-0.3, -0.25) is 4.98 Å². The van der Waals surface area contributed by atoms with Crippen molar-refractivity contribution in [3.8, 4) is 11.5 Å². The number of rotatable bonds is 3. The van der Waals surface area contributed by atoms with E-state index in [9.17, 15) is 4.79 Å². The number of nitrogens with two attached hydrogens (primary N) is 1. The van der Waals surface area contributed by atoms with Crippen molar-refractivity contribution in [2.24, 2.45) is 5.73 Å². The molecule has 6 heteroatoms. The molecule has 1 aromatic carbocycles. The van der Waals surface area contributed by atoms with Crippen molar-refractivity contribution in [3.05, 3.63) is 24.4 Å². The monoisotopic (exact) mass is 247 g/mol. The Balaban J connectivity index is 2.52. The minimum absolute atomic E-state index is 0.530. The van der Waals surface area contributed by atoms with Crippen LogP contribution in [0, 0.1) is 0 Å². The van der Waals surface area contributed by atoms with E-state index in [1.807, 2.05) is 0 Å². The average molecular weight is 247 g/mol. The largest absolute Gasteiger partial charge is 0.493 e. The Bertz CT molecular complexity index is 598. The summed E-state index contributed by atoms with van der Waals surface area (Å²) in [7, 11) is 3.12. The highest BCUT2D eigenvalue weighted by Gasteiger charge is 2.07. The van der Waals surface area contributed by atoms with Crippen LogP contribution in [0.1, 0.15) is 0 Å². The summed E-state index contributed by atoms with van der Waals surface area (Å²) in [6.07, 6.45) is 1.53. The van der Waals surface area contributed by atoms with E-state index in [4.69, 9.17) is 15.2 Å². The van der Waals surface area contributed by atoms with Crippen LogP contribution in [0.15, 0.2) is 24.4 Å². The van der Waals surface area contributed by atoms with Crippen molar-refractivity contribution < 1.29 is 14.3 Å². The highest BCUT2D eigenvalue weighted by molar-refractivity contribution is 5.91. The fourth-order valence-electron chi connectivity index (χ4n) is 1.67. The van der Waals surface area contributed by atoms with Gasteiger partial charge in [0.1, 0.15) is 0 Å². The van der Waals surface area contributed by atoms with Crippen LogP contribution in [0.4, 0.5) is 10.5 Å². The molecular weight excluding hydrogens is 234 g/mol. The molecular formula is C12H13N3O3. The number of anilines is 1. The molecule has 0 spiro atoms. The lowest BCUT2D eigenvalue weighted by Crippen LogP contribution is -2.19. The van der Waals surface area contributed by atoms with E-state index in [1.165, 1.54) is 6.20 Å². The van der Waals surface area contributed by atoms with E-state index in [2.05, 4.69) is 10.3 Å². The zero-order valence-electron chi connectivity index (χ0n) is 10.1. The van der Waals surface area contributed by atoms with Crippen molar-refractivity contribution in [1.82, 2.24) is 4.98 Å². The molecule has 0 aliphatic carbocycles. The standard InChI is InChI=1S/C12H13N3O3/c1-17-10-4-7-3-8(15-12(13)16)6-14-9(7)5-11(10)18-2/h3-6H,1-2H3,(H3,13,15,16). The molecule has 0 saturated carbocycles. The van der Waals surface area contributed by atoms with Crippen LogP contribution < -0.4 is 20.5 Å². The summed E-state index contributed by atoms with van der Waals surface area (Å²) in [5, 5.41) is 3.29. The summed E-state index contributed by atoms with van der Waals surface area (Å²) in [6.45, 7) is 0. The number of pyridine rings is 1. The highest BCUT2D eigenvalue weighted by Crippen LogP contribution is 2.32. The predicted octanol–water partition coefficient (Wildman–Crippen LogP) is 1.74. The Morgan fingerprint density at radius 1 is 1.22 bits per heavy atom. The van der Waals surface area contributed by atoms with Gasteiger partial charge in [0.25, 0.3) is 0 Å². The molecule has 0 unspecified atom stereocenters. The molecule has 0 fully saturated rings. The molecule has 3 N–H and O–H groups in total. The van der Waals surface area contributed by atoms with Crippen molar-refractivity contribution in [2.75, 3.05) is 19.5 Å². The molecule has 0 saturated heterocycles. The Morgan fingerprint density at radius 3 is 2.50 bits per heavy atom. The van der Waals surface area contributed by atoms with Gasteiger partial charge >= 0.3 is 6.03 Å². The molecule has 6 nitrogen and oxygen atoms in total. The van der Waals surface area contributed by atoms with Gasteiger partial charge in [0.2, 0.25) is 0 Å². The third-order valence-electron chi connectivity index (χ3n) is 2.45. The maximum absolute atomic E-state index is 10.8. The van der Waals surface area contributed by atoms with Crippen molar-refractivity contribution >= 4 is 22.6 Å². The van der Waals surface area contributed by atoms with Crippen LogP contribution in [-0.4, -0.2) is 25.2 Å². The number of nitrogens with one attached hydrogen (secondary N) is 1. The number of benzene rings is 1. The number of carbonyl (C=O) groups excluding carboxylic acids is 1. The summed E-state index contributed by atoms with van der Waals surface area (Å²) in [5.74, 6) is 1.20. The Morgan fingerprint density at radius 2 is 1.89 bits per heavy atom. The molecule has 2 rings (SSSR count). The second-order valence-corrected chi connectivity index (χ2v) is 3.61. The van der Waals surface area contributed by atoms with Gasteiger partial charge in [0.15, 0.2) is 11.5 Å². The number of carbonyl (C=O) groups is 1. The number of methoxy groups -OCH3 is 2. The van der Waals surface area contributed by atoms with Gasteiger partial charge in [-0.2, -0.15) is 0 Å². The molecule has 1 heterocycles. The third kappa shape index (κ3) is 2.27. The number of urea groups is 1. The fraction of sp³-hybridized carbons (Fsp3) is 0.167. The van der Waals surface area contributed by atoms with E-state index in [-0.39, 0.29) is 0 Å². The molecule has 0 radical (unpaired) electrons. The first-order valence-corrected chi connectivity index (χ1v) is 5.22. The van der Waals surface area contributed by atoms with Gasteiger partial charge in [-0.25, -0.2) is 4.79 Å². The minimum atomic E-state index is -0.628. The molecule has 1 aromatic heterocycles. The number of fused-ring (bicyclic) bond motifs is 1. The predicted molar refractivity (Wildman–Crippen MR) is 68.1 cm³/mol. The van der Waals surface area contributed by atoms with Crippen molar-refractivity contribution in [1.29, 1.82) is 0 Å². The molecule has 0 aliphatic rings. The van der Waals surface area contributed by atoms with Gasteiger partial charge in [-0.05, 0) is 12.1 Å². The second kappa shape index (κ2) is 4.79. The number of hydrogen-bond donors (Lipinski definition) is 2. The Labute approximate surface area is 104 Å². The highest BCUT2D eigenvalue weighted by atomic mass is 16.5. The van der Waals surface area contributed by atoms with Crippen LogP contribution in [0.2, 0.25) is 0 Å². The average Bonchev–Trinajstić information content (AvgIpc) is 2.36. The van der Waals surface area contributed by atoms with Gasteiger partial charge in [-0.15, -0.1) is 0 Å². The maximum Gasteiger partial charge on any atom is 0.316 e. The SMILES string of the molecule is COc1cc2cc(NC(N)=O)cnc2cc1OC. The van der Waals surface area contributed by atoms with Crippen LogP contribution in [0.5, 0.6) is 11.5 Å². The van der Waals surface area contributed by atoms with E-state index in [0.29, 0.717) is 17.2 Å². The van der Waals surface area contributed by atoms with Gasteiger partial charge < -0.3 is 20.5 Å². The second-order valence-electron chi connectivity index (χ2n) is 3.61. The zero-order valence-corrected chi connectivity index (χ0v) is 10.1. The first-order chi connectivity index (χ1) is 8.63. The van der Waals surface area contributed by atoms with Crippen molar-refractivity contribution in [3.63, 3.8) is 0 Å². The number of amides is 2. The topological polar surface area (TPSA) is 86.5 Å². The van der Waals surface area contributed by atoms with Gasteiger partial charge in [-0.1, -0.05) is 0 Å². The summed E-state index contributed by atoms with van der Waals surface area (Å²) in [6, 6.07) is 4.68. The van der Waals surface area contributed by atoms with E-state index in [0.717, 1.165) is 10.9 Å². The summed E-state index contributed by atoms with van der Waals surface area (Å²) >= 11 is 0. The molecule has 0 bridgehead atoms. The molecule has 0 aliphatic heterocycles. The van der Waals surface area contributed by atoms with Gasteiger partial charge in [0, 0.05) is 11.5 Å². The van der Waals surface area contributed by atoms with E-state index in [1.54, 1.807) is 32.4 Å². The Kier molecular flexibility index (Phi) is 3.18. The molecule has 2 amide bonds. The number of aromatic nitrogens is 1. The third-order valence-corrected chi connectivity index (χ3v) is 2.45. The van der Waals surface area contributed by atoms with Gasteiger partial charge in [0.05, 0.1) is 31.6 Å². The molecule has 18 heavy (non-hydrogen) atoms. The lowest BCUT2D eigenvalue weighted by atomic mass is 10.2. The normalized spacial score (nSPS) is 10.1. The van der Waals surface area contributed by atoms with Crippen LogP contribution in [0.25, 0.3) is 10.9 Å². The summed E-state index contributed by atoms with van der Waals surface area (Å²) in [5.41, 5.74) is 6.32. The minimum Gasteiger partial charge on any atom is -0.493 e. The molecule has 2 aromatic rings. The first-order valence-electron chi connectivity index (χ1n) is 5.22. The lowest BCUT2D eigenvalue weighted by Gasteiger charge is -2.09. The summed E-state index contributed by atoms with van der Waals surface area (Å²) < 4.78 is 10.4. The number of primary amides is 1. The maximum atomic E-state index is 10.8.